The van der Waals surface area contributed by atoms with Crippen LogP contribution in [0.15, 0.2) is 24.3 Å². The first kappa shape index (κ1) is 14.2. The summed E-state index contributed by atoms with van der Waals surface area (Å²) in [5.41, 5.74) is 1.44. The molecule has 0 radical (unpaired) electrons. The molecule has 15 heavy (non-hydrogen) atoms. The zero-order valence-corrected chi connectivity index (χ0v) is 11.5. The Balaban J connectivity index is 0.000000442. The monoisotopic (exact) mass is 222 g/mol. The Labute approximate surface area is 98.0 Å². The Hall–Kier alpha value is -0.820. The molecule has 0 nitrogen and oxygen atoms in total. The number of thiophene rings is 1. The van der Waals surface area contributed by atoms with Crippen molar-refractivity contribution < 1.29 is 0 Å². The largest absolute Gasteiger partial charge is 0.140 e. The highest BCUT2D eigenvalue weighted by Gasteiger charge is 2.01. The molecule has 1 aromatic carbocycles. The van der Waals surface area contributed by atoms with Gasteiger partial charge in [-0.15, -0.1) is 11.3 Å². The van der Waals surface area contributed by atoms with Crippen molar-refractivity contribution in [3.63, 3.8) is 0 Å². The van der Waals surface area contributed by atoms with E-state index in [1.165, 1.54) is 20.5 Å². The molecule has 2 aromatic rings. The van der Waals surface area contributed by atoms with Crippen molar-refractivity contribution in [3.8, 4) is 0 Å². The van der Waals surface area contributed by atoms with E-state index in [-0.39, 0.29) is 0 Å². The van der Waals surface area contributed by atoms with Gasteiger partial charge in [0.25, 0.3) is 0 Å². The van der Waals surface area contributed by atoms with Crippen LogP contribution in [0.4, 0.5) is 0 Å². The molecule has 0 N–H and O–H groups in total. The summed E-state index contributed by atoms with van der Waals surface area (Å²) < 4.78 is 1.41. The average molecular weight is 222 g/mol. The molecule has 0 amide bonds. The summed E-state index contributed by atoms with van der Waals surface area (Å²) >= 11 is 1.88. The Morgan fingerprint density at radius 3 is 1.93 bits per heavy atom. The molecule has 0 spiro atoms. The molecule has 1 heteroatoms. The molecule has 2 rings (SSSR count). The quantitative estimate of drug-likeness (QED) is 0.546. The second-order valence-corrected chi connectivity index (χ2v) is 4.04. The standard InChI is InChI=1S/C10H10S.2C2H6/c1-7-8(2)11-10-6-4-3-5-9(7)10;2*1-2/h3-6H,1-2H3;2*1-2H3. The second kappa shape index (κ2) is 7.47. The van der Waals surface area contributed by atoms with Gasteiger partial charge in [-0.2, -0.15) is 0 Å². The van der Waals surface area contributed by atoms with Gasteiger partial charge in [-0.1, -0.05) is 45.9 Å². The van der Waals surface area contributed by atoms with Gasteiger partial charge in [-0.05, 0) is 30.9 Å². The van der Waals surface area contributed by atoms with E-state index in [2.05, 4.69) is 38.1 Å². The molecule has 0 aliphatic rings. The number of aryl methyl sites for hydroxylation is 2. The van der Waals surface area contributed by atoms with Gasteiger partial charge in [0, 0.05) is 9.58 Å². The third-order valence-corrected chi connectivity index (χ3v) is 3.27. The summed E-state index contributed by atoms with van der Waals surface area (Å²) in [6.07, 6.45) is 0. The molecule has 0 aliphatic heterocycles. The Kier molecular flexibility index (Phi) is 7.06. The van der Waals surface area contributed by atoms with Crippen LogP contribution in [0, 0.1) is 13.8 Å². The van der Waals surface area contributed by atoms with Crippen LogP contribution in [0.25, 0.3) is 10.1 Å². The van der Waals surface area contributed by atoms with Crippen LogP contribution < -0.4 is 0 Å². The van der Waals surface area contributed by atoms with Crippen LogP contribution in [-0.2, 0) is 0 Å². The highest BCUT2D eigenvalue weighted by Crippen LogP contribution is 2.29. The minimum absolute atomic E-state index is 1.41. The lowest BCUT2D eigenvalue weighted by Crippen LogP contribution is -1.68. The highest BCUT2D eigenvalue weighted by molar-refractivity contribution is 7.19. The van der Waals surface area contributed by atoms with Gasteiger partial charge >= 0.3 is 0 Å². The molecule has 84 valence electrons. The first-order chi connectivity index (χ1) is 7.29. The fraction of sp³-hybridized carbons (Fsp3) is 0.429. The van der Waals surface area contributed by atoms with Gasteiger partial charge in [0.15, 0.2) is 0 Å². The minimum atomic E-state index is 1.41. The van der Waals surface area contributed by atoms with Crippen molar-refractivity contribution in [2.24, 2.45) is 0 Å². The lowest BCUT2D eigenvalue weighted by Gasteiger charge is -1.88. The summed E-state index contributed by atoms with van der Waals surface area (Å²) in [6.45, 7) is 12.4. The van der Waals surface area contributed by atoms with Crippen LogP contribution in [0.5, 0.6) is 0 Å². The molecule has 0 saturated heterocycles. The topological polar surface area (TPSA) is 0 Å². The lowest BCUT2D eigenvalue weighted by molar-refractivity contribution is 1.47. The van der Waals surface area contributed by atoms with Crippen molar-refractivity contribution in [2.75, 3.05) is 0 Å². The molecule has 1 heterocycles. The number of hydrogen-bond donors (Lipinski definition) is 0. The first-order valence-corrected chi connectivity index (χ1v) is 6.55. The molecular formula is C14H22S. The van der Waals surface area contributed by atoms with Crippen molar-refractivity contribution in [2.45, 2.75) is 41.5 Å². The number of rotatable bonds is 0. The van der Waals surface area contributed by atoms with E-state index in [9.17, 15) is 0 Å². The molecule has 0 bridgehead atoms. The van der Waals surface area contributed by atoms with Crippen LogP contribution in [0.3, 0.4) is 0 Å². The number of benzene rings is 1. The summed E-state index contributed by atoms with van der Waals surface area (Å²) in [7, 11) is 0. The van der Waals surface area contributed by atoms with Crippen LogP contribution in [-0.4, -0.2) is 0 Å². The fourth-order valence-corrected chi connectivity index (χ4v) is 2.37. The van der Waals surface area contributed by atoms with E-state index < -0.39 is 0 Å². The predicted octanol–water partition coefficient (Wildman–Crippen LogP) is 5.57. The van der Waals surface area contributed by atoms with Crippen molar-refractivity contribution in [3.05, 3.63) is 34.7 Å². The molecule has 1 aromatic heterocycles. The average Bonchev–Trinajstić information content (AvgIpc) is 2.61. The van der Waals surface area contributed by atoms with Gasteiger partial charge in [0.2, 0.25) is 0 Å². The molecule has 0 aliphatic carbocycles. The third-order valence-electron chi connectivity index (χ3n) is 2.08. The maximum atomic E-state index is 2.19. The zero-order chi connectivity index (χ0) is 11.8. The Morgan fingerprint density at radius 1 is 0.867 bits per heavy atom. The zero-order valence-electron chi connectivity index (χ0n) is 10.7. The van der Waals surface area contributed by atoms with E-state index in [4.69, 9.17) is 0 Å². The maximum Gasteiger partial charge on any atom is 0.0348 e. The first-order valence-electron chi connectivity index (χ1n) is 5.74. The van der Waals surface area contributed by atoms with Gasteiger partial charge in [-0.3, -0.25) is 0 Å². The summed E-state index contributed by atoms with van der Waals surface area (Å²) in [5.74, 6) is 0. The van der Waals surface area contributed by atoms with E-state index in [0.717, 1.165) is 0 Å². The summed E-state index contributed by atoms with van der Waals surface area (Å²) in [6, 6.07) is 8.56. The van der Waals surface area contributed by atoms with Gasteiger partial charge in [0.05, 0.1) is 0 Å². The molecule has 0 atom stereocenters. The SMILES string of the molecule is CC.CC.Cc1sc2ccccc2c1C. The molecular weight excluding hydrogens is 200 g/mol. The molecule has 0 fully saturated rings. The number of fused-ring (bicyclic) bond motifs is 1. The highest BCUT2D eigenvalue weighted by atomic mass is 32.1. The summed E-state index contributed by atoms with van der Waals surface area (Å²) in [5, 5.41) is 1.41. The Bertz CT molecular complexity index is 385. The van der Waals surface area contributed by atoms with Gasteiger partial charge < -0.3 is 0 Å². The van der Waals surface area contributed by atoms with Crippen LogP contribution in [0.2, 0.25) is 0 Å². The van der Waals surface area contributed by atoms with Gasteiger partial charge in [0.1, 0.15) is 0 Å². The number of hydrogen-bond acceptors (Lipinski definition) is 1. The maximum absolute atomic E-state index is 2.19. The predicted molar refractivity (Wildman–Crippen MR) is 74.0 cm³/mol. The van der Waals surface area contributed by atoms with E-state index in [0.29, 0.717) is 0 Å². The van der Waals surface area contributed by atoms with Crippen LogP contribution >= 0.6 is 11.3 Å². The van der Waals surface area contributed by atoms with Crippen molar-refractivity contribution >= 4 is 21.4 Å². The van der Waals surface area contributed by atoms with E-state index in [1.54, 1.807) is 0 Å². The lowest BCUT2D eigenvalue weighted by atomic mass is 10.2. The van der Waals surface area contributed by atoms with Crippen molar-refractivity contribution in [1.82, 2.24) is 0 Å². The normalized spacial score (nSPS) is 8.67. The fourth-order valence-electron chi connectivity index (χ4n) is 1.30. The van der Waals surface area contributed by atoms with E-state index in [1.807, 2.05) is 39.0 Å². The van der Waals surface area contributed by atoms with Crippen molar-refractivity contribution in [1.29, 1.82) is 0 Å². The second-order valence-electron chi connectivity index (χ2n) is 2.78. The summed E-state index contributed by atoms with van der Waals surface area (Å²) in [4.78, 5) is 1.44. The van der Waals surface area contributed by atoms with E-state index >= 15 is 0 Å². The smallest absolute Gasteiger partial charge is 0.0348 e. The minimum Gasteiger partial charge on any atom is -0.140 e. The molecule has 0 saturated carbocycles. The third kappa shape index (κ3) is 3.35. The van der Waals surface area contributed by atoms with Crippen LogP contribution in [0.1, 0.15) is 38.1 Å². The Morgan fingerprint density at radius 2 is 1.40 bits per heavy atom. The van der Waals surface area contributed by atoms with Gasteiger partial charge in [-0.25, -0.2) is 0 Å². The molecule has 0 unspecified atom stereocenters.